The zero-order chi connectivity index (χ0) is 15.0. The number of aromatic nitrogens is 2. The van der Waals surface area contributed by atoms with E-state index in [4.69, 9.17) is 4.52 Å². The number of hydrogen-bond acceptors (Lipinski definition) is 4. The second-order valence-electron chi connectivity index (χ2n) is 5.61. The highest BCUT2D eigenvalue weighted by molar-refractivity contribution is 5.96. The van der Waals surface area contributed by atoms with Crippen molar-refractivity contribution in [3.63, 3.8) is 0 Å². The van der Waals surface area contributed by atoms with Crippen LogP contribution in [0.2, 0.25) is 0 Å². The van der Waals surface area contributed by atoms with Crippen molar-refractivity contribution in [2.75, 3.05) is 4.90 Å². The van der Waals surface area contributed by atoms with E-state index in [2.05, 4.69) is 16.2 Å². The molecule has 0 bridgehead atoms. The van der Waals surface area contributed by atoms with Gasteiger partial charge in [0.15, 0.2) is 5.82 Å². The summed E-state index contributed by atoms with van der Waals surface area (Å²) in [6, 6.07) is 7.81. The molecule has 2 heterocycles. The molecule has 0 fully saturated rings. The quantitative estimate of drug-likeness (QED) is 0.868. The highest BCUT2D eigenvalue weighted by atomic mass is 16.5. The van der Waals surface area contributed by atoms with Crippen LogP contribution < -0.4 is 4.90 Å². The fourth-order valence-electron chi connectivity index (χ4n) is 2.69. The Morgan fingerprint density at radius 3 is 2.86 bits per heavy atom. The smallest absolute Gasteiger partial charge is 0.229 e. The van der Waals surface area contributed by atoms with Crippen molar-refractivity contribution in [3.8, 4) is 0 Å². The Bertz CT molecular complexity index is 663. The van der Waals surface area contributed by atoms with E-state index in [1.54, 1.807) is 0 Å². The van der Waals surface area contributed by atoms with Gasteiger partial charge >= 0.3 is 0 Å². The number of carbonyl (C=O) groups excluding carboxylic acids is 1. The molecule has 1 amide bonds. The third-order valence-electron chi connectivity index (χ3n) is 3.80. The lowest BCUT2D eigenvalue weighted by atomic mass is 10.1. The van der Waals surface area contributed by atoms with Crippen LogP contribution in [0.5, 0.6) is 0 Å². The van der Waals surface area contributed by atoms with Crippen molar-refractivity contribution >= 4 is 11.6 Å². The molecule has 0 spiro atoms. The van der Waals surface area contributed by atoms with Gasteiger partial charge in [0.05, 0.1) is 0 Å². The molecule has 21 heavy (non-hydrogen) atoms. The van der Waals surface area contributed by atoms with Gasteiger partial charge in [0.2, 0.25) is 11.8 Å². The van der Waals surface area contributed by atoms with Gasteiger partial charge in [-0.2, -0.15) is 4.98 Å². The molecule has 2 aromatic rings. The average Bonchev–Trinajstić information content (AvgIpc) is 3.10. The first kappa shape index (κ1) is 13.8. The lowest BCUT2D eigenvalue weighted by Crippen LogP contribution is -2.32. The topological polar surface area (TPSA) is 59.2 Å². The van der Waals surface area contributed by atoms with Crippen LogP contribution in [0, 0.1) is 0 Å². The van der Waals surface area contributed by atoms with Crippen LogP contribution in [0.4, 0.5) is 5.69 Å². The van der Waals surface area contributed by atoms with Gasteiger partial charge in [-0.05, 0) is 11.6 Å². The van der Waals surface area contributed by atoms with Gasteiger partial charge in [-0.15, -0.1) is 0 Å². The first-order chi connectivity index (χ1) is 10.1. The van der Waals surface area contributed by atoms with Crippen molar-refractivity contribution in [3.05, 3.63) is 41.5 Å². The predicted molar refractivity (Wildman–Crippen MR) is 79.1 cm³/mol. The summed E-state index contributed by atoms with van der Waals surface area (Å²) in [6.45, 7) is 5.89. The normalized spacial score (nSPS) is 17.3. The molecule has 1 aromatic heterocycles. The molecule has 1 unspecified atom stereocenters. The summed E-state index contributed by atoms with van der Waals surface area (Å²) >= 11 is 0. The van der Waals surface area contributed by atoms with Crippen LogP contribution in [0.25, 0.3) is 0 Å². The first-order valence-electron chi connectivity index (χ1n) is 7.35. The van der Waals surface area contributed by atoms with Gasteiger partial charge < -0.3 is 9.42 Å². The number of amides is 1. The molecule has 1 atom stereocenters. The third kappa shape index (κ3) is 2.33. The largest absolute Gasteiger partial charge is 0.339 e. The van der Waals surface area contributed by atoms with E-state index in [1.807, 2.05) is 43.9 Å². The van der Waals surface area contributed by atoms with Crippen LogP contribution in [-0.2, 0) is 11.2 Å². The molecule has 1 aliphatic heterocycles. The molecule has 0 saturated heterocycles. The standard InChI is InChI=1S/C16H19N3O2/c1-4-14(20)19-12-8-6-5-7-11(12)9-13(19)15-17-16(10(2)3)21-18-15/h5-8,10,13H,4,9H2,1-3H3. The van der Waals surface area contributed by atoms with E-state index < -0.39 is 0 Å². The number of benzene rings is 1. The highest BCUT2D eigenvalue weighted by Crippen LogP contribution is 2.39. The maximum absolute atomic E-state index is 12.3. The highest BCUT2D eigenvalue weighted by Gasteiger charge is 2.36. The maximum atomic E-state index is 12.3. The van der Waals surface area contributed by atoms with Crippen LogP contribution >= 0.6 is 0 Å². The molecule has 3 rings (SSSR count). The van der Waals surface area contributed by atoms with Gasteiger partial charge in [0.25, 0.3) is 0 Å². The minimum Gasteiger partial charge on any atom is -0.339 e. The van der Waals surface area contributed by atoms with Crippen LogP contribution in [0.15, 0.2) is 28.8 Å². The first-order valence-corrected chi connectivity index (χ1v) is 7.35. The van der Waals surface area contributed by atoms with Crippen molar-refractivity contribution in [1.82, 2.24) is 10.1 Å². The molecular weight excluding hydrogens is 266 g/mol. The Labute approximate surface area is 124 Å². The number of hydrogen-bond donors (Lipinski definition) is 0. The van der Waals surface area contributed by atoms with E-state index >= 15 is 0 Å². The molecule has 1 aliphatic rings. The minimum absolute atomic E-state index is 0.0841. The zero-order valence-corrected chi connectivity index (χ0v) is 12.5. The number of anilines is 1. The second kappa shape index (κ2) is 5.31. The van der Waals surface area contributed by atoms with Crippen molar-refractivity contribution < 1.29 is 9.32 Å². The van der Waals surface area contributed by atoms with Gasteiger partial charge in [-0.3, -0.25) is 4.79 Å². The fraction of sp³-hybridized carbons (Fsp3) is 0.438. The lowest BCUT2D eigenvalue weighted by Gasteiger charge is -2.22. The van der Waals surface area contributed by atoms with Crippen molar-refractivity contribution in [2.45, 2.75) is 45.6 Å². The van der Waals surface area contributed by atoms with Crippen LogP contribution in [-0.4, -0.2) is 16.0 Å². The monoisotopic (exact) mass is 285 g/mol. The molecule has 1 aromatic carbocycles. The summed E-state index contributed by atoms with van der Waals surface area (Å²) in [6.07, 6.45) is 1.19. The second-order valence-corrected chi connectivity index (χ2v) is 5.61. The van der Waals surface area contributed by atoms with E-state index in [9.17, 15) is 4.79 Å². The summed E-state index contributed by atoms with van der Waals surface area (Å²) in [5, 5.41) is 4.09. The summed E-state index contributed by atoms with van der Waals surface area (Å²) in [4.78, 5) is 18.6. The fourth-order valence-corrected chi connectivity index (χ4v) is 2.69. The zero-order valence-electron chi connectivity index (χ0n) is 12.5. The Kier molecular flexibility index (Phi) is 3.49. The van der Waals surface area contributed by atoms with Gasteiger partial charge in [-0.25, -0.2) is 0 Å². The maximum Gasteiger partial charge on any atom is 0.229 e. The molecule has 0 aliphatic carbocycles. The van der Waals surface area contributed by atoms with E-state index in [1.165, 1.54) is 0 Å². The number of nitrogens with zero attached hydrogens (tertiary/aromatic N) is 3. The number of rotatable bonds is 3. The molecule has 0 N–H and O–H groups in total. The average molecular weight is 285 g/mol. The Morgan fingerprint density at radius 1 is 1.43 bits per heavy atom. The van der Waals surface area contributed by atoms with Crippen molar-refractivity contribution in [2.24, 2.45) is 0 Å². The van der Waals surface area contributed by atoms with Crippen LogP contribution in [0.3, 0.4) is 0 Å². The summed E-state index contributed by atoms with van der Waals surface area (Å²) < 4.78 is 5.30. The summed E-state index contributed by atoms with van der Waals surface area (Å²) in [5.74, 6) is 1.48. The summed E-state index contributed by atoms with van der Waals surface area (Å²) in [5.41, 5.74) is 2.12. The van der Waals surface area contributed by atoms with Gasteiger partial charge in [0, 0.05) is 24.4 Å². The van der Waals surface area contributed by atoms with E-state index in [0.717, 1.165) is 17.7 Å². The number of para-hydroxylation sites is 1. The Balaban J connectivity index is 2.00. The molecule has 0 saturated carbocycles. The molecule has 5 heteroatoms. The molecule has 110 valence electrons. The lowest BCUT2D eigenvalue weighted by molar-refractivity contribution is -0.118. The SMILES string of the molecule is CCC(=O)N1c2ccccc2CC1c1noc(C(C)C)n1. The number of fused-ring (bicyclic) bond motifs is 1. The van der Waals surface area contributed by atoms with E-state index in [0.29, 0.717) is 18.1 Å². The molecule has 5 nitrogen and oxygen atoms in total. The number of carbonyl (C=O) groups is 1. The Hall–Kier alpha value is -2.17. The van der Waals surface area contributed by atoms with Gasteiger partial charge in [0.1, 0.15) is 6.04 Å². The summed E-state index contributed by atoms with van der Waals surface area (Å²) in [7, 11) is 0. The van der Waals surface area contributed by atoms with Crippen LogP contribution in [0.1, 0.15) is 56.4 Å². The van der Waals surface area contributed by atoms with Crippen molar-refractivity contribution in [1.29, 1.82) is 0 Å². The molecule has 0 radical (unpaired) electrons. The predicted octanol–water partition coefficient (Wildman–Crippen LogP) is 3.23. The minimum atomic E-state index is -0.161. The molecular formula is C16H19N3O2. The third-order valence-corrected chi connectivity index (χ3v) is 3.80. The Morgan fingerprint density at radius 2 is 2.19 bits per heavy atom. The van der Waals surface area contributed by atoms with E-state index in [-0.39, 0.29) is 17.9 Å². The van der Waals surface area contributed by atoms with Gasteiger partial charge in [-0.1, -0.05) is 44.1 Å².